The molecule has 0 aliphatic heterocycles. The Morgan fingerprint density at radius 2 is 1.76 bits per heavy atom. The fourth-order valence-corrected chi connectivity index (χ4v) is 3.12. The largest absolute Gasteiger partial charge is 0.483 e. The van der Waals surface area contributed by atoms with Gasteiger partial charge in [0, 0.05) is 17.5 Å². The summed E-state index contributed by atoms with van der Waals surface area (Å²) in [4.78, 5) is 18.7. The van der Waals surface area contributed by atoms with Crippen LogP contribution < -0.4 is 4.74 Å². The minimum absolute atomic E-state index is 0.0540. The maximum absolute atomic E-state index is 12.7. The number of hydrogen-bond acceptors (Lipinski definition) is 5. The lowest BCUT2D eigenvalue weighted by atomic mass is 10.1. The van der Waals surface area contributed by atoms with Crippen LogP contribution in [0.3, 0.4) is 0 Å². The number of aromatic nitrogens is 2. The predicted octanol–water partition coefficient (Wildman–Crippen LogP) is 4.32. The van der Waals surface area contributed by atoms with Crippen molar-refractivity contribution in [1.29, 1.82) is 0 Å². The number of amides is 1. The molecular weight excluding hydrogens is 366 g/mol. The number of rotatable bonds is 7. The third kappa shape index (κ3) is 4.27. The number of benzene rings is 3. The molecule has 0 N–H and O–H groups in total. The number of carbonyl (C=O) groups excluding carboxylic acids is 1. The Hall–Kier alpha value is -3.67. The summed E-state index contributed by atoms with van der Waals surface area (Å²) in [6.45, 7) is 2.61. The highest BCUT2D eigenvalue weighted by molar-refractivity contribution is 5.88. The molecule has 1 heterocycles. The molecule has 0 fully saturated rings. The first-order chi connectivity index (χ1) is 14.2. The Labute approximate surface area is 168 Å². The van der Waals surface area contributed by atoms with Gasteiger partial charge in [-0.25, -0.2) is 0 Å². The molecule has 3 aromatic carbocycles. The molecule has 6 nitrogen and oxygen atoms in total. The molecule has 29 heavy (non-hydrogen) atoms. The highest BCUT2D eigenvalue weighted by atomic mass is 16.5. The second-order valence-electron chi connectivity index (χ2n) is 6.55. The second kappa shape index (κ2) is 8.56. The molecule has 0 unspecified atom stereocenters. The van der Waals surface area contributed by atoms with Crippen LogP contribution in [0, 0.1) is 0 Å². The molecule has 1 aromatic heterocycles. The molecule has 0 spiro atoms. The summed E-state index contributed by atoms with van der Waals surface area (Å²) in [5, 5.41) is 6.06. The molecule has 0 saturated heterocycles. The van der Waals surface area contributed by atoms with Gasteiger partial charge in [0.05, 0.1) is 0 Å². The number of hydrogen-bond donors (Lipinski definition) is 0. The number of likely N-dealkylation sites (N-methyl/N-ethyl adjacent to an activating group) is 1. The third-order valence-electron chi connectivity index (χ3n) is 4.66. The highest BCUT2D eigenvalue weighted by Crippen LogP contribution is 2.25. The van der Waals surface area contributed by atoms with E-state index < -0.39 is 0 Å². The van der Waals surface area contributed by atoms with Crippen molar-refractivity contribution in [2.24, 2.45) is 0 Å². The van der Waals surface area contributed by atoms with Crippen molar-refractivity contribution in [2.45, 2.75) is 13.5 Å². The Balaban J connectivity index is 1.41. The fraction of sp³-hybridized carbons (Fsp3) is 0.174. The van der Waals surface area contributed by atoms with Crippen molar-refractivity contribution in [3.63, 3.8) is 0 Å². The summed E-state index contributed by atoms with van der Waals surface area (Å²) in [5.41, 5.74) is 0.871. The smallest absolute Gasteiger partial charge is 0.260 e. The standard InChI is InChI=1S/C23H21N3O3/c1-2-26(15-21-24-23(25-29-21)18-10-4-3-5-11-18)22(27)16-28-20-14-8-12-17-9-6-7-13-19(17)20/h3-14H,2,15-16H2,1H3. The molecule has 0 saturated carbocycles. The van der Waals surface area contributed by atoms with Gasteiger partial charge in [-0.15, -0.1) is 0 Å². The first kappa shape index (κ1) is 18.7. The van der Waals surface area contributed by atoms with Crippen molar-refractivity contribution in [3.8, 4) is 17.1 Å². The van der Waals surface area contributed by atoms with Crippen molar-refractivity contribution >= 4 is 16.7 Å². The molecule has 0 radical (unpaired) electrons. The zero-order valence-corrected chi connectivity index (χ0v) is 16.1. The quantitative estimate of drug-likeness (QED) is 0.472. The number of fused-ring (bicyclic) bond motifs is 1. The van der Waals surface area contributed by atoms with Gasteiger partial charge in [-0.05, 0) is 18.4 Å². The SMILES string of the molecule is CCN(Cc1nc(-c2ccccc2)no1)C(=O)COc1cccc2ccccc12. The Morgan fingerprint density at radius 3 is 2.59 bits per heavy atom. The molecule has 4 rings (SSSR count). The van der Waals surface area contributed by atoms with E-state index in [2.05, 4.69) is 10.1 Å². The van der Waals surface area contributed by atoms with Crippen molar-refractivity contribution in [1.82, 2.24) is 15.0 Å². The van der Waals surface area contributed by atoms with E-state index in [0.29, 0.717) is 24.0 Å². The average molecular weight is 387 g/mol. The minimum atomic E-state index is -0.139. The van der Waals surface area contributed by atoms with Crippen LogP contribution >= 0.6 is 0 Å². The van der Waals surface area contributed by atoms with E-state index in [1.165, 1.54) is 0 Å². The van der Waals surface area contributed by atoms with E-state index in [-0.39, 0.29) is 19.1 Å². The normalized spacial score (nSPS) is 10.8. The van der Waals surface area contributed by atoms with E-state index in [4.69, 9.17) is 9.26 Å². The molecule has 4 aromatic rings. The second-order valence-corrected chi connectivity index (χ2v) is 6.55. The molecule has 6 heteroatoms. The summed E-state index contributed by atoms with van der Waals surface area (Å²) in [5.74, 6) is 1.46. The molecular formula is C23H21N3O3. The Bertz CT molecular complexity index is 1100. The lowest BCUT2D eigenvalue weighted by molar-refractivity contribution is -0.134. The summed E-state index contributed by atoms with van der Waals surface area (Å²) in [6, 6.07) is 23.3. The van der Waals surface area contributed by atoms with E-state index in [9.17, 15) is 4.79 Å². The highest BCUT2D eigenvalue weighted by Gasteiger charge is 2.17. The molecule has 0 aliphatic carbocycles. The van der Waals surface area contributed by atoms with E-state index >= 15 is 0 Å². The molecule has 1 amide bonds. The van der Waals surface area contributed by atoms with Gasteiger partial charge in [-0.2, -0.15) is 4.98 Å². The summed E-state index contributed by atoms with van der Waals surface area (Å²) >= 11 is 0. The molecule has 0 aliphatic rings. The van der Waals surface area contributed by atoms with Gasteiger partial charge in [0.25, 0.3) is 5.91 Å². The lowest BCUT2D eigenvalue weighted by Crippen LogP contribution is -2.34. The van der Waals surface area contributed by atoms with Crippen LogP contribution in [-0.2, 0) is 11.3 Å². The molecule has 0 bridgehead atoms. The van der Waals surface area contributed by atoms with Crippen LogP contribution in [0.1, 0.15) is 12.8 Å². The van der Waals surface area contributed by atoms with Gasteiger partial charge in [0.15, 0.2) is 6.61 Å². The first-order valence-corrected chi connectivity index (χ1v) is 9.51. The first-order valence-electron chi connectivity index (χ1n) is 9.51. The topological polar surface area (TPSA) is 68.5 Å². The van der Waals surface area contributed by atoms with Crippen molar-refractivity contribution in [2.75, 3.05) is 13.2 Å². The third-order valence-corrected chi connectivity index (χ3v) is 4.66. The number of ether oxygens (including phenoxy) is 1. The monoisotopic (exact) mass is 387 g/mol. The van der Waals surface area contributed by atoms with Gasteiger partial charge >= 0.3 is 0 Å². The van der Waals surface area contributed by atoms with Gasteiger partial charge in [0.2, 0.25) is 11.7 Å². The van der Waals surface area contributed by atoms with Crippen LogP contribution in [0.4, 0.5) is 0 Å². The van der Waals surface area contributed by atoms with Crippen LogP contribution in [0.2, 0.25) is 0 Å². The van der Waals surface area contributed by atoms with Crippen molar-refractivity contribution < 1.29 is 14.1 Å². The number of carbonyl (C=O) groups is 1. The molecule has 0 atom stereocenters. The maximum atomic E-state index is 12.7. The van der Waals surface area contributed by atoms with Gasteiger partial charge in [-0.1, -0.05) is 71.9 Å². The van der Waals surface area contributed by atoms with E-state index in [0.717, 1.165) is 16.3 Å². The minimum Gasteiger partial charge on any atom is -0.483 e. The molecule has 146 valence electrons. The summed E-state index contributed by atoms with van der Waals surface area (Å²) in [6.07, 6.45) is 0. The van der Waals surface area contributed by atoms with Gasteiger partial charge in [0.1, 0.15) is 12.3 Å². The van der Waals surface area contributed by atoms with Crippen LogP contribution in [0.15, 0.2) is 77.3 Å². The average Bonchev–Trinajstić information content (AvgIpc) is 3.25. The predicted molar refractivity (Wildman–Crippen MR) is 110 cm³/mol. The lowest BCUT2D eigenvalue weighted by Gasteiger charge is -2.19. The summed E-state index contributed by atoms with van der Waals surface area (Å²) < 4.78 is 11.1. The van der Waals surface area contributed by atoms with Gasteiger partial charge in [-0.3, -0.25) is 4.79 Å². The van der Waals surface area contributed by atoms with Crippen LogP contribution in [0.25, 0.3) is 22.2 Å². The van der Waals surface area contributed by atoms with Crippen LogP contribution in [-0.4, -0.2) is 34.1 Å². The Kier molecular flexibility index (Phi) is 5.52. The Morgan fingerprint density at radius 1 is 1.00 bits per heavy atom. The van der Waals surface area contributed by atoms with Gasteiger partial charge < -0.3 is 14.2 Å². The van der Waals surface area contributed by atoms with Crippen molar-refractivity contribution in [3.05, 3.63) is 78.7 Å². The van der Waals surface area contributed by atoms with E-state index in [1.807, 2.05) is 79.7 Å². The summed E-state index contributed by atoms with van der Waals surface area (Å²) in [7, 11) is 0. The zero-order chi connectivity index (χ0) is 20.1. The fourth-order valence-electron chi connectivity index (χ4n) is 3.12. The number of nitrogens with zero attached hydrogens (tertiary/aromatic N) is 3. The zero-order valence-electron chi connectivity index (χ0n) is 16.1. The van der Waals surface area contributed by atoms with E-state index in [1.54, 1.807) is 4.90 Å². The maximum Gasteiger partial charge on any atom is 0.260 e. The van der Waals surface area contributed by atoms with Crippen LogP contribution in [0.5, 0.6) is 5.75 Å².